The molecule has 0 saturated heterocycles. The molecule has 1 saturated carbocycles. The molecule has 182 valence electrons. The molecule has 35 heavy (non-hydrogen) atoms. The number of hydrogen-bond donors (Lipinski definition) is 3. The topological polar surface area (TPSA) is 153 Å². The van der Waals surface area contributed by atoms with Gasteiger partial charge < -0.3 is 15.1 Å². The molecule has 5 rings (SSSR count). The molecule has 14 heteroatoms. The first-order chi connectivity index (χ1) is 17.1. The minimum Gasteiger partial charge on any atom is -0.328 e. The SMILES string of the molecule is O=C(Nc1cn(C2CCCCC2)nc1-c1ncccn1)c1csc(-c2cnn(COP(O)O)c2)n1. The summed E-state index contributed by atoms with van der Waals surface area (Å²) in [4.78, 5) is 43.9. The maximum Gasteiger partial charge on any atom is 0.328 e. The van der Waals surface area contributed by atoms with E-state index in [1.807, 2.05) is 10.9 Å². The van der Waals surface area contributed by atoms with E-state index < -0.39 is 8.60 Å². The van der Waals surface area contributed by atoms with Crippen LogP contribution < -0.4 is 5.32 Å². The third-order valence-electron chi connectivity index (χ3n) is 5.63. The quantitative estimate of drug-likeness (QED) is 0.299. The monoisotopic (exact) mass is 514 g/mol. The highest BCUT2D eigenvalue weighted by molar-refractivity contribution is 7.39. The molecule has 12 nitrogen and oxygen atoms in total. The summed E-state index contributed by atoms with van der Waals surface area (Å²) in [6.07, 6.45) is 14.0. The summed E-state index contributed by atoms with van der Waals surface area (Å²) in [5.41, 5.74) is 2.00. The van der Waals surface area contributed by atoms with Gasteiger partial charge in [0, 0.05) is 35.7 Å². The first-order valence-corrected chi connectivity index (χ1v) is 13.1. The van der Waals surface area contributed by atoms with Crippen molar-refractivity contribution in [1.82, 2.24) is 34.5 Å². The normalized spacial score (nSPS) is 14.5. The van der Waals surface area contributed by atoms with Gasteiger partial charge in [0.25, 0.3) is 5.91 Å². The van der Waals surface area contributed by atoms with E-state index in [-0.39, 0.29) is 24.4 Å². The van der Waals surface area contributed by atoms with E-state index in [2.05, 4.69) is 25.4 Å². The predicted molar refractivity (Wildman–Crippen MR) is 129 cm³/mol. The molecule has 1 amide bonds. The summed E-state index contributed by atoms with van der Waals surface area (Å²) in [7, 11) is -2.46. The van der Waals surface area contributed by atoms with Gasteiger partial charge >= 0.3 is 8.60 Å². The van der Waals surface area contributed by atoms with Crippen molar-refractivity contribution in [3.63, 3.8) is 0 Å². The van der Waals surface area contributed by atoms with Crippen molar-refractivity contribution in [2.45, 2.75) is 44.9 Å². The molecule has 1 aliphatic rings. The molecule has 0 bridgehead atoms. The number of rotatable bonds is 8. The van der Waals surface area contributed by atoms with Crippen LogP contribution in [0.1, 0.15) is 48.6 Å². The number of hydrogen-bond acceptors (Lipinski definition) is 10. The van der Waals surface area contributed by atoms with Gasteiger partial charge in [0.05, 0.1) is 17.9 Å². The number of carbonyl (C=O) groups is 1. The fourth-order valence-electron chi connectivity index (χ4n) is 3.95. The maximum absolute atomic E-state index is 13.1. The van der Waals surface area contributed by atoms with Crippen LogP contribution in [0.4, 0.5) is 5.69 Å². The summed E-state index contributed by atoms with van der Waals surface area (Å²) >= 11 is 1.30. The standard InChI is InChI=1S/C21H23N8O4PS/c30-20(17-12-35-21(26-17)14-9-24-28(10-14)13-33-34(31)32)25-16-11-29(15-5-2-1-3-6-15)27-18(16)19-22-7-4-8-23-19/h4,7-12,15,31-32H,1-3,5-6,13H2,(H,25,30). The molecule has 1 fully saturated rings. The zero-order valence-corrected chi connectivity index (χ0v) is 20.3. The second-order valence-electron chi connectivity index (χ2n) is 8.01. The van der Waals surface area contributed by atoms with Crippen LogP contribution in [0.25, 0.3) is 22.1 Å². The minimum atomic E-state index is -2.46. The summed E-state index contributed by atoms with van der Waals surface area (Å²) < 4.78 is 8.09. The van der Waals surface area contributed by atoms with Crippen LogP contribution in [0, 0.1) is 0 Å². The Bertz CT molecular complexity index is 1290. The van der Waals surface area contributed by atoms with E-state index in [1.54, 1.807) is 36.2 Å². The van der Waals surface area contributed by atoms with Crippen molar-refractivity contribution in [2.75, 3.05) is 5.32 Å². The minimum absolute atomic E-state index is 0.104. The van der Waals surface area contributed by atoms with Crippen molar-refractivity contribution in [3.05, 3.63) is 48.1 Å². The number of amides is 1. The smallest absolute Gasteiger partial charge is 0.328 e. The van der Waals surface area contributed by atoms with Gasteiger partial charge in [-0.1, -0.05) is 19.3 Å². The van der Waals surface area contributed by atoms with Crippen LogP contribution in [-0.2, 0) is 11.3 Å². The first-order valence-electron chi connectivity index (χ1n) is 11.0. The van der Waals surface area contributed by atoms with Gasteiger partial charge in [0.15, 0.2) is 11.5 Å². The molecule has 0 radical (unpaired) electrons. The third kappa shape index (κ3) is 5.60. The van der Waals surface area contributed by atoms with Crippen molar-refractivity contribution in [1.29, 1.82) is 0 Å². The first kappa shape index (κ1) is 23.6. The van der Waals surface area contributed by atoms with Gasteiger partial charge in [0.2, 0.25) is 0 Å². The Labute approximate surface area is 205 Å². The van der Waals surface area contributed by atoms with Crippen LogP contribution >= 0.6 is 19.9 Å². The molecule has 1 aliphatic carbocycles. The maximum atomic E-state index is 13.1. The second kappa shape index (κ2) is 10.7. The van der Waals surface area contributed by atoms with Gasteiger partial charge in [-0.3, -0.25) is 14.0 Å². The van der Waals surface area contributed by atoms with Crippen molar-refractivity contribution in [2.24, 2.45) is 0 Å². The third-order valence-corrected chi connectivity index (χ3v) is 6.87. The molecule has 0 aliphatic heterocycles. The van der Waals surface area contributed by atoms with Gasteiger partial charge in [0.1, 0.15) is 17.4 Å². The summed E-state index contributed by atoms with van der Waals surface area (Å²) in [5, 5.41) is 14.0. The average Bonchev–Trinajstić information content (AvgIpc) is 3.63. The lowest BCUT2D eigenvalue weighted by molar-refractivity contribution is 0.102. The number of anilines is 1. The molecule has 0 unspecified atom stereocenters. The molecule has 4 heterocycles. The Hall–Kier alpha value is -3.09. The molecule has 0 aromatic carbocycles. The number of nitrogens with zero attached hydrogens (tertiary/aromatic N) is 7. The Morgan fingerprint density at radius 1 is 1.20 bits per heavy atom. The molecule has 0 atom stereocenters. The van der Waals surface area contributed by atoms with Crippen LogP contribution in [0.3, 0.4) is 0 Å². The van der Waals surface area contributed by atoms with Gasteiger partial charge in [-0.05, 0) is 18.9 Å². The van der Waals surface area contributed by atoms with Gasteiger partial charge in [-0.25, -0.2) is 19.6 Å². The highest BCUT2D eigenvalue weighted by Crippen LogP contribution is 2.32. The Balaban J connectivity index is 1.35. The average molecular weight is 515 g/mol. The molecular weight excluding hydrogens is 491 g/mol. The van der Waals surface area contributed by atoms with Crippen LogP contribution in [-0.4, -0.2) is 50.2 Å². The van der Waals surface area contributed by atoms with E-state index in [4.69, 9.17) is 19.4 Å². The van der Waals surface area contributed by atoms with Crippen LogP contribution in [0.2, 0.25) is 0 Å². The van der Waals surface area contributed by atoms with Crippen LogP contribution in [0.5, 0.6) is 0 Å². The van der Waals surface area contributed by atoms with Gasteiger partial charge in [-0.15, -0.1) is 11.3 Å². The Morgan fingerprint density at radius 2 is 2.00 bits per heavy atom. The van der Waals surface area contributed by atoms with Crippen molar-refractivity contribution >= 4 is 31.5 Å². The van der Waals surface area contributed by atoms with E-state index in [1.165, 1.54) is 22.4 Å². The van der Waals surface area contributed by atoms with E-state index >= 15 is 0 Å². The summed E-state index contributed by atoms with van der Waals surface area (Å²) in [6, 6.07) is 2.02. The number of thiazole rings is 1. The summed E-state index contributed by atoms with van der Waals surface area (Å²) in [5.74, 6) is 0.0789. The lowest BCUT2D eigenvalue weighted by Crippen LogP contribution is -2.14. The lowest BCUT2D eigenvalue weighted by Gasteiger charge is -2.21. The lowest BCUT2D eigenvalue weighted by atomic mass is 9.96. The van der Waals surface area contributed by atoms with E-state index in [0.29, 0.717) is 27.8 Å². The molecule has 3 N–H and O–H groups in total. The molecular formula is C21H23N8O4PS. The van der Waals surface area contributed by atoms with Crippen molar-refractivity contribution in [3.8, 4) is 22.1 Å². The van der Waals surface area contributed by atoms with Crippen LogP contribution in [0.15, 0.2) is 42.4 Å². The predicted octanol–water partition coefficient (Wildman–Crippen LogP) is 3.60. The highest BCUT2D eigenvalue weighted by atomic mass is 32.1. The van der Waals surface area contributed by atoms with Crippen molar-refractivity contribution < 1.29 is 19.1 Å². The zero-order valence-electron chi connectivity index (χ0n) is 18.6. The summed E-state index contributed by atoms with van der Waals surface area (Å²) in [6.45, 7) is -0.104. The van der Waals surface area contributed by atoms with E-state index in [9.17, 15) is 4.79 Å². The zero-order chi connectivity index (χ0) is 24.2. The molecule has 4 aromatic heterocycles. The Morgan fingerprint density at radius 3 is 2.77 bits per heavy atom. The molecule has 0 spiro atoms. The number of nitrogens with one attached hydrogen (secondary N) is 1. The highest BCUT2D eigenvalue weighted by Gasteiger charge is 2.23. The van der Waals surface area contributed by atoms with Gasteiger partial charge in [-0.2, -0.15) is 10.2 Å². The number of carbonyl (C=O) groups excluding carboxylic acids is 1. The fraction of sp³-hybridized carbons (Fsp3) is 0.333. The fourth-order valence-corrected chi connectivity index (χ4v) is 4.95. The second-order valence-corrected chi connectivity index (χ2v) is 9.63. The van der Waals surface area contributed by atoms with E-state index in [0.717, 1.165) is 25.7 Å². The Kier molecular flexibility index (Phi) is 7.21. The molecule has 4 aromatic rings. The number of aromatic nitrogens is 7. The largest absolute Gasteiger partial charge is 0.328 e.